The number of nitrogens with one attached hydrogen (secondary N) is 1. The number of rotatable bonds is 3. The number of nitrogens with zero attached hydrogens (tertiary/aromatic N) is 2. The Morgan fingerprint density at radius 2 is 1.72 bits per heavy atom. The van der Waals surface area contributed by atoms with Crippen LogP contribution in [0.15, 0.2) is 66.7 Å². The van der Waals surface area contributed by atoms with Crippen molar-refractivity contribution in [2.75, 3.05) is 11.1 Å². The van der Waals surface area contributed by atoms with Gasteiger partial charge in [-0.2, -0.15) is 0 Å². The van der Waals surface area contributed by atoms with E-state index in [-0.39, 0.29) is 17.2 Å². The van der Waals surface area contributed by atoms with E-state index in [1.807, 2.05) is 55.8 Å². The molecule has 0 fully saturated rings. The van der Waals surface area contributed by atoms with Crippen molar-refractivity contribution in [1.82, 2.24) is 9.55 Å². The number of halogens is 1. The van der Waals surface area contributed by atoms with Gasteiger partial charge in [0.15, 0.2) is 0 Å². The van der Waals surface area contributed by atoms with Crippen molar-refractivity contribution in [2.24, 2.45) is 7.05 Å². The van der Waals surface area contributed by atoms with Gasteiger partial charge in [-0.05, 0) is 36.4 Å². The highest BCUT2D eigenvalue weighted by Crippen LogP contribution is 2.31. The molecule has 2 aromatic heterocycles. The summed E-state index contributed by atoms with van der Waals surface area (Å²) in [6.07, 6.45) is 0. The molecule has 0 atom stereocenters. The first kappa shape index (κ1) is 20.1. The maximum absolute atomic E-state index is 13.7. The Balaban J connectivity index is 0.00000117. The maximum Gasteiger partial charge on any atom is 0.259 e. The second kappa shape index (κ2) is 8.56. The first-order chi connectivity index (χ1) is 14.0. The van der Waals surface area contributed by atoms with Gasteiger partial charge >= 0.3 is 0 Å². The van der Waals surface area contributed by atoms with Crippen LogP contribution >= 0.6 is 0 Å². The molecule has 4 rings (SSSR count). The van der Waals surface area contributed by atoms with Crippen LogP contribution in [0.25, 0.3) is 22.2 Å². The second-order valence-corrected chi connectivity index (χ2v) is 6.21. The number of para-hydroxylation sites is 1. The summed E-state index contributed by atoms with van der Waals surface area (Å²) in [6, 6.07) is 19.3. The molecule has 2 aromatic carbocycles. The molecule has 0 bridgehead atoms. The van der Waals surface area contributed by atoms with E-state index in [9.17, 15) is 9.18 Å². The lowest BCUT2D eigenvalue weighted by Gasteiger charge is -2.10. The molecule has 0 spiro atoms. The fourth-order valence-electron chi connectivity index (χ4n) is 3.14. The van der Waals surface area contributed by atoms with Crippen LogP contribution in [0, 0.1) is 5.82 Å². The Bertz CT molecular complexity index is 1170. The van der Waals surface area contributed by atoms with Crippen molar-refractivity contribution < 1.29 is 9.18 Å². The zero-order valence-electron chi connectivity index (χ0n) is 16.6. The van der Waals surface area contributed by atoms with Gasteiger partial charge in [-0.1, -0.05) is 44.2 Å². The molecule has 2 heterocycles. The number of hydrogen-bond acceptors (Lipinski definition) is 3. The zero-order chi connectivity index (χ0) is 21.0. The van der Waals surface area contributed by atoms with Gasteiger partial charge < -0.3 is 15.6 Å². The van der Waals surface area contributed by atoms with Gasteiger partial charge in [0.05, 0.1) is 11.3 Å². The minimum absolute atomic E-state index is 0.0457. The number of pyridine rings is 1. The van der Waals surface area contributed by atoms with E-state index < -0.39 is 11.7 Å². The van der Waals surface area contributed by atoms with Crippen LogP contribution in [0.2, 0.25) is 0 Å². The molecule has 5 nitrogen and oxygen atoms in total. The lowest BCUT2D eigenvalue weighted by atomic mass is 10.1. The molecule has 29 heavy (non-hydrogen) atoms. The minimum atomic E-state index is -0.588. The Kier molecular flexibility index (Phi) is 5.93. The number of nitrogen functional groups attached to an aromatic ring is 1. The number of anilines is 2. The average Bonchev–Trinajstić information content (AvgIpc) is 3.06. The number of amides is 1. The number of hydrogen-bond donors (Lipinski definition) is 2. The topological polar surface area (TPSA) is 72.9 Å². The molecule has 0 radical (unpaired) electrons. The monoisotopic (exact) mass is 390 g/mol. The molecule has 3 N–H and O–H groups in total. The molecule has 6 heteroatoms. The summed E-state index contributed by atoms with van der Waals surface area (Å²) in [7, 11) is 1.96. The second-order valence-electron chi connectivity index (χ2n) is 6.21. The predicted molar refractivity (Wildman–Crippen MR) is 116 cm³/mol. The van der Waals surface area contributed by atoms with E-state index in [1.165, 1.54) is 18.2 Å². The Morgan fingerprint density at radius 1 is 1.03 bits per heavy atom. The number of fused-ring (bicyclic) bond motifs is 1. The number of aromatic nitrogens is 2. The molecule has 0 aliphatic carbocycles. The smallest absolute Gasteiger partial charge is 0.259 e. The summed E-state index contributed by atoms with van der Waals surface area (Å²) in [5.41, 5.74) is 8.87. The van der Waals surface area contributed by atoms with E-state index in [1.54, 1.807) is 18.2 Å². The Labute approximate surface area is 169 Å². The van der Waals surface area contributed by atoms with Crippen molar-refractivity contribution in [1.29, 1.82) is 0 Å². The summed E-state index contributed by atoms with van der Waals surface area (Å²) < 4.78 is 15.8. The number of nitrogens with two attached hydrogens (primary N) is 1. The number of carbonyl (C=O) groups is 1. The maximum atomic E-state index is 13.7. The normalized spacial score (nSPS) is 10.3. The van der Waals surface area contributed by atoms with Crippen LogP contribution in [0.1, 0.15) is 24.2 Å². The van der Waals surface area contributed by atoms with Crippen molar-refractivity contribution in [3.8, 4) is 11.3 Å². The number of carbonyl (C=O) groups excluding carboxylic acids is 1. The molecule has 0 unspecified atom stereocenters. The van der Waals surface area contributed by atoms with Crippen LogP contribution in [0.3, 0.4) is 0 Å². The summed E-state index contributed by atoms with van der Waals surface area (Å²) >= 11 is 0. The lowest BCUT2D eigenvalue weighted by Crippen LogP contribution is -2.15. The number of aryl methyl sites for hydroxylation is 1. The van der Waals surface area contributed by atoms with E-state index in [2.05, 4.69) is 10.3 Å². The molecular weight excluding hydrogens is 367 g/mol. The third-order valence-electron chi connectivity index (χ3n) is 4.51. The van der Waals surface area contributed by atoms with Crippen LogP contribution in [0.4, 0.5) is 16.0 Å². The van der Waals surface area contributed by atoms with Crippen molar-refractivity contribution >= 4 is 28.4 Å². The molecule has 0 aliphatic heterocycles. The highest BCUT2D eigenvalue weighted by molar-refractivity contribution is 6.04. The van der Waals surface area contributed by atoms with Crippen LogP contribution < -0.4 is 11.1 Å². The van der Waals surface area contributed by atoms with Crippen molar-refractivity contribution in [2.45, 2.75) is 13.8 Å². The zero-order valence-corrected chi connectivity index (χ0v) is 16.6. The van der Waals surface area contributed by atoms with E-state index in [0.717, 1.165) is 22.2 Å². The highest BCUT2D eigenvalue weighted by atomic mass is 19.1. The van der Waals surface area contributed by atoms with Gasteiger partial charge in [-0.3, -0.25) is 4.79 Å². The van der Waals surface area contributed by atoms with E-state index in [0.29, 0.717) is 0 Å². The number of benzene rings is 2. The molecular formula is C23H23FN4O. The fourth-order valence-corrected chi connectivity index (χ4v) is 3.14. The van der Waals surface area contributed by atoms with Crippen LogP contribution in [0.5, 0.6) is 0 Å². The minimum Gasteiger partial charge on any atom is -0.383 e. The van der Waals surface area contributed by atoms with Gasteiger partial charge in [0.25, 0.3) is 5.91 Å². The van der Waals surface area contributed by atoms with Gasteiger partial charge in [0, 0.05) is 23.5 Å². The van der Waals surface area contributed by atoms with Crippen LogP contribution in [-0.2, 0) is 7.05 Å². The van der Waals surface area contributed by atoms with Crippen molar-refractivity contribution in [3.05, 3.63) is 78.1 Å². The van der Waals surface area contributed by atoms with Gasteiger partial charge in [0.2, 0.25) is 0 Å². The molecule has 1 amide bonds. The SMILES string of the molecule is CC.Cn1c(-c2ccc(NC(=O)c3ccccc3F)nc2N)cc2ccccc21. The van der Waals surface area contributed by atoms with E-state index in [4.69, 9.17) is 5.73 Å². The summed E-state index contributed by atoms with van der Waals surface area (Å²) in [4.78, 5) is 16.5. The lowest BCUT2D eigenvalue weighted by molar-refractivity contribution is 0.102. The third-order valence-corrected chi connectivity index (χ3v) is 4.51. The van der Waals surface area contributed by atoms with Gasteiger partial charge in [-0.15, -0.1) is 0 Å². The summed E-state index contributed by atoms with van der Waals surface area (Å²) in [5, 5.41) is 3.69. The molecule has 0 aliphatic rings. The molecule has 148 valence electrons. The molecule has 4 aromatic rings. The first-order valence-electron chi connectivity index (χ1n) is 9.42. The molecule has 0 saturated heterocycles. The van der Waals surface area contributed by atoms with E-state index >= 15 is 0 Å². The Morgan fingerprint density at radius 3 is 2.41 bits per heavy atom. The van der Waals surface area contributed by atoms with Gasteiger partial charge in [-0.25, -0.2) is 9.37 Å². The highest BCUT2D eigenvalue weighted by Gasteiger charge is 2.14. The summed E-state index contributed by atoms with van der Waals surface area (Å²) in [5.74, 6) is -0.608. The fraction of sp³-hybridized carbons (Fsp3) is 0.130. The largest absolute Gasteiger partial charge is 0.383 e. The van der Waals surface area contributed by atoms with Gasteiger partial charge in [0.1, 0.15) is 17.5 Å². The third kappa shape index (κ3) is 3.96. The molecule has 0 saturated carbocycles. The Hall–Kier alpha value is -3.67. The summed E-state index contributed by atoms with van der Waals surface area (Å²) in [6.45, 7) is 4.00. The predicted octanol–water partition coefficient (Wildman–Crippen LogP) is 5.24. The average molecular weight is 390 g/mol. The first-order valence-corrected chi connectivity index (χ1v) is 9.42. The van der Waals surface area contributed by atoms with Crippen LogP contribution in [-0.4, -0.2) is 15.5 Å². The van der Waals surface area contributed by atoms with Crippen molar-refractivity contribution in [3.63, 3.8) is 0 Å². The quantitative estimate of drug-likeness (QED) is 0.502. The standard InChI is InChI=1S/C21H17FN4O.C2H6/c1-26-17-9-5-2-6-13(17)12-18(26)15-10-11-19(24-20(15)23)25-21(27)14-7-3-4-8-16(14)22;1-2/h2-12H,1H3,(H3,23,24,25,27);1-2H3.